The Bertz CT molecular complexity index is 270. The van der Waals surface area contributed by atoms with E-state index in [9.17, 15) is 9.59 Å². The van der Waals surface area contributed by atoms with E-state index in [1.807, 2.05) is 0 Å². The van der Waals surface area contributed by atoms with Crippen molar-refractivity contribution in [2.24, 2.45) is 11.7 Å². The lowest BCUT2D eigenvalue weighted by Gasteiger charge is -2.31. The summed E-state index contributed by atoms with van der Waals surface area (Å²) in [5.74, 6) is -0.637. The summed E-state index contributed by atoms with van der Waals surface area (Å²) in [5.41, 5.74) is 5.24. The number of carbonyl (C=O) groups excluding carboxylic acids is 2. The van der Waals surface area contributed by atoms with Crippen LogP contribution in [0.2, 0.25) is 0 Å². The van der Waals surface area contributed by atoms with Crippen LogP contribution in [0.1, 0.15) is 12.8 Å². The van der Waals surface area contributed by atoms with Gasteiger partial charge in [-0.2, -0.15) is 0 Å². The number of nitrogens with two attached hydrogens (primary N) is 1. The fourth-order valence-electron chi connectivity index (χ4n) is 1.83. The Morgan fingerprint density at radius 3 is 2.82 bits per heavy atom. The van der Waals surface area contributed by atoms with Crippen molar-refractivity contribution in [1.29, 1.82) is 0 Å². The molecule has 1 aliphatic rings. The molecule has 0 aromatic carbocycles. The lowest BCUT2D eigenvalue weighted by molar-refractivity contribution is -0.139. The molecule has 0 radical (unpaired) electrons. The van der Waals surface area contributed by atoms with Crippen molar-refractivity contribution in [3.63, 3.8) is 0 Å². The van der Waals surface area contributed by atoms with Gasteiger partial charge in [-0.15, -0.1) is 0 Å². The summed E-state index contributed by atoms with van der Waals surface area (Å²) >= 11 is 0. The van der Waals surface area contributed by atoms with Crippen LogP contribution in [0.3, 0.4) is 0 Å². The molecule has 98 valence electrons. The molecule has 0 bridgehead atoms. The van der Waals surface area contributed by atoms with Gasteiger partial charge in [0.25, 0.3) is 0 Å². The molecule has 6 heteroatoms. The Morgan fingerprint density at radius 1 is 1.41 bits per heavy atom. The first kappa shape index (κ1) is 13.9. The Kier molecular flexibility index (Phi) is 5.93. The van der Waals surface area contributed by atoms with E-state index in [1.54, 1.807) is 12.0 Å². The van der Waals surface area contributed by atoms with Gasteiger partial charge in [0.1, 0.15) is 6.61 Å². The van der Waals surface area contributed by atoms with Gasteiger partial charge in [0.05, 0.1) is 19.1 Å². The van der Waals surface area contributed by atoms with Gasteiger partial charge in [0, 0.05) is 20.2 Å². The predicted octanol–water partition coefficient (Wildman–Crippen LogP) is -0.627. The van der Waals surface area contributed by atoms with Crippen molar-refractivity contribution >= 4 is 11.8 Å². The van der Waals surface area contributed by atoms with Crippen LogP contribution in [0.25, 0.3) is 0 Å². The molecule has 2 amide bonds. The van der Waals surface area contributed by atoms with Crippen LogP contribution in [0, 0.1) is 5.92 Å². The topological polar surface area (TPSA) is 81.9 Å². The normalized spacial score (nSPS) is 20.3. The number of ether oxygens (including phenoxy) is 2. The molecular weight excluding hydrogens is 224 g/mol. The Balaban J connectivity index is 2.28. The molecule has 1 unspecified atom stereocenters. The highest BCUT2D eigenvalue weighted by Crippen LogP contribution is 2.15. The molecule has 0 aromatic heterocycles. The molecule has 1 aliphatic heterocycles. The molecule has 2 N–H and O–H groups in total. The summed E-state index contributed by atoms with van der Waals surface area (Å²) in [6.45, 7) is 2.00. The Morgan fingerprint density at radius 2 is 2.18 bits per heavy atom. The van der Waals surface area contributed by atoms with Crippen molar-refractivity contribution in [3.05, 3.63) is 0 Å². The Hall–Kier alpha value is -1.14. The molecule has 1 fully saturated rings. The minimum absolute atomic E-state index is 0.0365. The number of hydrogen-bond acceptors (Lipinski definition) is 4. The number of rotatable bonds is 6. The van der Waals surface area contributed by atoms with Crippen LogP contribution in [0.4, 0.5) is 0 Å². The molecule has 0 aromatic rings. The fourth-order valence-corrected chi connectivity index (χ4v) is 1.83. The zero-order valence-electron chi connectivity index (χ0n) is 10.2. The first-order valence-electron chi connectivity index (χ1n) is 5.79. The molecule has 0 saturated carbocycles. The average molecular weight is 244 g/mol. The molecule has 6 nitrogen and oxygen atoms in total. The maximum absolute atomic E-state index is 11.7. The third-order valence-corrected chi connectivity index (χ3v) is 2.83. The van der Waals surface area contributed by atoms with E-state index in [0.717, 1.165) is 12.8 Å². The van der Waals surface area contributed by atoms with E-state index >= 15 is 0 Å². The van der Waals surface area contributed by atoms with Gasteiger partial charge in [-0.25, -0.2) is 0 Å². The summed E-state index contributed by atoms with van der Waals surface area (Å²) in [7, 11) is 1.58. The second-order valence-electron chi connectivity index (χ2n) is 4.13. The minimum atomic E-state index is -0.331. The lowest BCUT2D eigenvalue weighted by Crippen LogP contribution is -2.45. The van der Waals surface area contributed by atoms with Crippen LogP contribution < -0.4 is 5.73 Å². The molecule has 0 aliphatic carbocycles. The van der Waals surface area contributed by atoms with Gasteiger partial charge in [0.2, 0.25) is 11.8 Å². The van der Waals surface area contributed by atoms with Gasteiger partial charge in [-0.1, -0.05) is 0 Å². The lowest BCUT2D eigenvalue weighted by atomic mass is 9.97. The van der Waals surface area contributed by atoms with Crippen molar-refractivity contribution in [1.82, 2.24) is 4.90 Å². The third-order valence-electron chi connectivity index (χ3n) is 2.83. The van der Waals surface area contributed by atoms with Crippen molar-refractivity contribution in [2.45, 2.75) is 12.8 Å². The summed E-state index contributed by atoms with van der Waals surface area (Å²) in [5, 5.41) is 0. The van der Waals surface area contributed by atoms with Gasteiger partial charge in [-0.3, -0.25) is 9.59 Å². The van der Waals surface area contributed by atoms with Crippen molar-refractivity contribution in [3.8, 4) is 0 Å². The highest BCUT2D eigenvalue weighted by molar-refractivity contribution is 5.80. The first-order valence-corrected chi connectivity index (χ1v) is 5.79. The van der Waals surface area contributed by atoms with Crippen molar-refractivity contribution in [2.75, 3.05) is 40.0 Å². The molecule has 1 rings (SSSR count). The fraction of sp³-hybridized carbons (Fsp3) is 0.818. The van der Waals surface area contributed by atoms with Crippen LogP contribution in [-0.2, 0) is 19.1 Å². The van der Waals surface area contributed by atoms with E-state index in [-0.39, 0.29) is 24.3 Å². The molecular formula is C11H20N2O4. The maximum atomic E-state index is 11.7. The largest absolute Gasteiger partial charge is 0.382 e. The molecule has 0 spiro atoms. The second kappa shape index (κ2) is 7.24. The first-order chi connectivity index (χ1) is 8.15. The van der Waals surface area contributed by atoms with E-state index in [0.29, 0.717) is 26.3 Å². The monoisotopic (exact) mass is 244 g/mol. The number of hydrogen-bond donors (Lipinski definition) is 1. The molecule has 1 saturated heterocycles. The number of carbonyl (C=O) groups is 2. The van der Waals surface area contributed by atoms with E-state index in [1.165, 1.54) is 0 Å². The zero-order chi connectivity index (χ0) is 12.7. The summed E-state index contributed by atoms with van der Waals surface area (Å²) in [4.78, 5) is 24.4. The highest BCUT2D eigenvalue weighted by Gasteiger charge is 2.26. The average Bonchev–Trinajstić information content (AvgIpc) is 2.34. The van der Waals surface area contributed by atoms with Crippen LogP contribution in [0.5, 0.6) is 0 Å². The van der Waals surface area contributed by atoms with Gasteiger partial charge < -0.3 is 20.1 Å². The van der Waals surface area contributed by atoms with Gasteiger partial charge in [0.15, 0.2) is 0 Å². The number of piperidine rings is 1. The quantitative estimate of drug-likeness (QED) is 0.631. The van der Waals surface area contributed by atoms with Gasteiger partial charge in [-0.05, 0) is 12.8 Å². The zero-order valence-corrected chi connectivity index (χ0v) is 10.2. The van der Waals surface area contributed by atoms with E-state index < -0.39 is 0 Å². The van der Waals surface area contributed by atoms with E-state index in [2.05, 4.69) is 0 Å². The van der Waals surface area contributed by atoms with E-state index in [4.69, 9.17) is 15.2 Å². The highest BCUT2D eigenvalue weighted by atomic mass is 16.5. The number of amides is 2. The predicted molar refractivity (Wildman–Crippen MR) is 61.2 cm³/mol. The van der Waals surface area contributed by atoms with Crippen LogP contribution >= 0.6 is 0 Å². The summed E-state index contributed by atoms with van der Waals surface area (Å²) in [6.07, 6.45) is 1.58. The third kappa shape index (κ3) is 4.70. The Labute approximate surface area is 101 Å². The molecule has 1 heterocycles. The van der Waals surface area contributed by atoms with Crippen LogP contribution in [0.15, 0.2) is 0 Å². The number of methoxy groups -OCH3 is 1. The number of nitrogens with zero attached hydrogens (tertiary/aromatic N) is 1. The number of primary amides is 1. The molecule has 1 atom stereocenters. The minimum Gasteiger partial charge on any atom is -0.382 e. The standard InChI is InChI=1S/C11H20N2O4/c1-16-5-6-17-8-10(14)13-4-2-3-9(7-13)11(12)15/h9H,2-8H2,1H3,(H2,12,15). The second-order valence-corrected chi connectivity index (χ2v) is 4.13. The smallest absolute Gasteiger partial charge is 0.248 e. The maximum Gasteiger partial charge on any atom is 0.248 e. The summed E-state index contributed by atoms with van der Waals surface area (Å²) < 4.78 is 9.96. The number of likely N-dealkylation sites (tertiary alicyclic amines) is 1. The van der Waals surface area contributed by atoms with Crippen molar-refractivity contribution < 1.29 is 19.1 Å². The van der Waals surface area contributed by atoms with Gasteiger partial charge >= 0.3 is 0 Å². The molecule has 17 heavy (non-hydrogen) atoms. The summed E-state index contributed by atoms with van der Waals surface area (Å²) in [6, 6.07) is 0. The SMILES string of the molecule is COCCOCC(=O)N1CCCC(C(N)=O)C1. The van der Waals surface area contributed by atoms with Crippen LogP contribution in [-0.4, -0.2) is 56.7 Å².